The van der Waals surface area contributed by atoms with Crippen molar-refractivity contribution in [2.45, 2.75) is 6.42 Å². The van der Waals surface area contributed by atoms with E-state index in [1.165, 1.54) is 0 Å². The van der Waals surface area contributed by atoms with Gasteiger partial charge in [0.1, 0.15) is 0 Å². The number of hydrogen-bond acceptors (Lipinski definition) is 3. The van der Waals surface area contributed by atoms with Gasteiger partial charge in [0.2, 0.25) is 0 Å². The fourth-order valence-electron chi connectivity index (χ4n) is 0.214. The summed E-state index contributed by atoms with van der Waals surface area (Å²) in [5, 5.41) is 7.96. The number of ether oxygens (including phenoxy) is 1. The third-order valence-electron chi connectivity index (χ3n) is 0.561. The lowest BCUT2D eigenvalue weighted by Crippen LogP contribution is -2.11. The van der Waals surface area contributed by atoms with Crippen LogP contribution < -0.4 is 0 Å². The van der Waals surface area contributed by atoms with Gasteiger partial charge in [-0.3, -0.25) is 4.79 Å². The molecule has 0 spiro atoms. The quantitative estimate of drug-likeness (QED) is 0.540. The summed E-state index contributed by atoms with van der Waals surface area (Å²) in [5.74, 6) is -1.76. The summed E-state index contributed by atoms with van der Waals surface area (Å²) >= 11 is 0. The van der Waals surface area contributed by atoms with E-state index in [-0.39, 0.29) is 6.42 Å². The van der Waals surface area contributed by atoms with Crippen molar-refractivity contribution in [1.29, 1.82) is 0 Å². The van der Waals surface area contributed by atoms with Crippen molar-refractivity contribution in [3.63, 3.8) is 0 Å². The molecule has 4 heteroatoms. The van der Waals surface area contributed by atoms with Crippen LogP contribution in [0.5, 0.6) is 0 Å². The molecular weight excluding hydrogens is 124 g/mol. The lowest BCUT2D eigenvalue weighted by atomic mass is 10.5. The summed E-state index contributed by atoms with van der Waals surface area (Å²) in [4.78, 5) is 19.9. The molecule has 4 nitrogen and oxygen atoms in total. The average molecular weight is 131 g/mol. The van der Waals surface area contributed by atoms with Crippen molar-refractivity contribution in [3.8, 4) is 0 Å². The van der Waals surface area contributed by atoms with E-state index >= 15 is 0 Å². The van der Waals surface area contributed by atoms with E-state index < -0.39 is 18.5 Å². The first-order valence-electron chi connectivity index (χ1n) is 2.33. The highest BCUT2D eigenvalue weighted by Crippen LogP contribution is 1.81. The van der Waals surface area contributed by atoms with Crippen LogP contribution in [0.4, 0.5) is 0 Å². The zero-order valence-corrected chi connectivity index (χ0v) is 4.79. The molecule has 0 rings (SSSR count). The van der Waals surface area contributed by atoms with Gasteiger partial charge in [-0.25, -0.2) is 4.79 Å². The second kappa shape index (κ2) is 3.88. The first-order chi connectivity index (χ1) is 4.16. The number of carboxylic acids is 1. The van der Waals surface area contributed by atoms with Crippen molar-refractivity contribution >= 4 is 11.9 Å². The van der Waals surface area contributed by atoms with Crippen molar-refractivity contribution in [2.75, 3.05) is 6.61 Å². The number of esters is 1. The molecule has 0 saturated heterocycles. The minimum atomic E-state index is -1.16. The second-order valence-corrected chi connectivity index (χ2v) is 1.30. The van der Waals surface area contributed by atoms with Gasteiger partial charge in [-0.05, 0) is 6.92 Å². The number of rotatable bonds is 3. The molecule has 9 heavy (non-hydrogen) atoms. The van der Waals surface area contributed by atoms with Gasteiger partial charge in [-0.2, -0.15) is 0 Å². The first kappa shape index (κ1) is 7.94. The Morgan fingerprint density at radius 2 is 2.11 bits per heavy atom. The van der Waals surface area contributed by atoms with Crippen LogP contribution in [0, 0.1) is 6.92 Å². The zero-order valence-electron chi connectivity index (χ0n) is 4.79. The van der Waals surface area contributed by atoms with Crippen molar-refractivity contribution < 1.29 is 19.4 Å². The minimum Gasteiger partial charge on any atom is -0.479 e. The van der Waals surface area contributed by atoms with E-state index in [1.54, 1.807) is 0 Å². The Hall–Kier alpha value is -1.06. The summed E-state index contributed by atoms with van der Waals surface area (Å²) in [6.07, 6.45) is -0.0344. The maximum Gasteiger partial charge on any atom is 0.341 e. The van der Waals surface area contributed by atoms with Crippen LogP contribution in [0.1, 0.15) is 6.42 Å². The number of hydrogen-bond donors (Lipinski definition) is 1. The van der Waals surface area contributed by atoms with Gasteiger partial charge in [0.15, 0.2) is 6.61 Å². The molecule has 0 saturated carbocycles. The van der Waals surface area contributed by atoms with E-state index in [2.05, 4.69) is 11.7 Å². The average Bonchev–Trinajstić information content (AvgIpc) is 1.83. The summed E-state index contributed by atoms with van der Waals surface area (Å²) in [6.45, 7) is 2.62. The fourth-order valence-corrected chi connectivity index (χ4v) is 0.214. The SMILES string of the molecule is [CH2]CC(=O)OCC(=O)O. The molecule has 0 amide bonds. The van der Waals surface area contributed by atoms with Gasteiger partial charge in [0.05, 0.1) is 0 Å². The van der Waals surface area contributed by atoms with Crippen molar-refractivity contribution in [3.05, 3.63) is 6.92 Å². The molecule has 0 aliphatic heterocycles. The normalized spacial score (nSPS) is 8.56. The van der Waals surface area contributed by atoms with Crippen LogP contribution in [0.15, 0.2) is 0 Å². The summed E-state index contributed by atoms with van der Waals surface area (Å²) in [5.41, 5.74) is 0. The third-order valence-corrected chi connectivity index (χ3v) is 0.561. The maximum absolute atomic E-state index is 10.2. The smallest absolute Gasteiger partial charge is 0.341 e. The Bertz CT molecular complexity index is 118. The summed E-state index contributed by atoms with van der Waals surface area (Å²) in [6, 6.07) is 0. The molecule has 0 aliphatic rings. The zero-order chi connectivity index (χ0) is 7.28. The number of carboxylic acid groups (broad SMARTS) is 1. The van der Waals surface area contributed by atoms with Crippen LogP contribution in [0.3, 0.4) is 0 Å². The predicted molar refractivity (Wildman–Crippen MR) is 28.6 cm³/mol. The standard InChI is InChI=1S/C5H7O4/c1-2-5(8)9-3-4(6)7/h1-3H2,(H,6,7). The predicted octanol–water partition coefficient (Wildman–Crippen LogP) is -0.162. The molecule has 0 aromatic rings. The molecule has 0 atom stereocenters. The van der Waals surface area contributed by atoms with Crippen LogP contribution >= 0.6 is 0 Å². The lowest BCUT2D eigenvalue weighted by Gasteiger charge is -1.95. The number of carbonyl (C=O) groups excluding carboxylic acids is 1. The summed E-state index contributed by atoms with van der Waals surface area (Å²) in [7, 11) is 0. The molecule has 1 N–H and O–H groups in total. The Morgan fingerprint density at radius 1 is 1.56 bits per heavy atom. The van der Waals surface area contributed by atoms with Gasteiger partial charge in [0, 0.05) is 6.42 Å². The van der Waals surface area contributed by atoms with Crippen LogP contribution in [-0.2, 0) is 14.3 Å². The largest absolute Gasteiger partial charge is 0.479 e. The van der Waals surface area contributed by atoms with Gasteiger partial charge in [0.25, 0.3) is 0 Å². The lowest BCUT2D eigenvalue weighted by molar-refractivity contribution is -0.154. The van der Waals surface area contributed by atoms with E-state index in [9.17, 15) is 9.59 Å². The first-order valence-corrected chi connectivity index (χ1v) is 2.33. The van der Waals surface area contributed by atoms with Crippen molar-refractivity contribution in [1.82, 2.24) is 0 Å². The van der Waals surface area contributed by atoms with E-state index in [4.69, 9.17) is 5.11 Å². The van der Waals surface area contributed by atoms with Gasteiger partial charge >= 0.3 is 11.9 Å². The van der Waals surface area contributed by atoms with Gasteiger partial charge in [-0.15, -0.1) is 0 Å². The maximum atomic E-state index is 10.2. The molecule has 0 heterocycles. The molecule has 0 fully saturated rings. The summed E-state index contributed by atoms with van der Waals surface area (Å²) < 4.78 is 4.15. The Kier molecular flexibility index (Phi) is 3.43. The fraction of sp³-hybridized carbons (Fsp3) is 0.400. The second-order valence-electron chi connectivity index (χ2n) is 1.30. The highest BCUT2D eigenvalue weighted by atomic mass is 16.5. The topological polar surface area (TPSA) is 63.6 Å². The third kappa shape index (κ3) is 4.80. The molecule has 51 valence electrons. The van der Waals surface area contributed by atoms with Crippen LogP contribution in [0.2, 0.25) is 0 Å². The monoisotopic (exact) mass is 131 g/mol. The molecule has 0 bridgehead atoms. The van der Waals surface area contributed by atoms with Crippen molar-refractivity contribution in [2.24, 2.45) is 0 Å². The van der Waals surface area contributed by atoms with E-state index in [1.807, 2.05) is 0 Å². The Labute approximate surface area is 52.4 Å². The number of aliphatic carboxylic acids is 1. The highest BCUT2D eigenvalue weighted by molar-refractivity contribution is 5.75. The Balaban J connectivity index is 3.28. The molecule has 0 aromatic heterocycles. The molecule has 0 aliphatic carbocycles. The molecule has 0 unspecified atom stereocenters. The number of carbonyl (C=O) groups is 2. The van der Waals surface area contributed by atoms with Gasteiger partial charge in [-0.1, -0.05) is 0 Å². The van der Waals surface area contributed by atoms with E-state index in [0.29, 0.717) is 0 Å². The van der Waals surface area contributed by atoms with Gasteiger partial charge < -0.3 is 9.84 Å². The van der Waals surface area contributed by atoms with E-state index in [0.717, 1.165) is 0 Å². The Morgan fingerprint density at radius 3 is 2.44 bits per heavy atom. The van der Waals surface area contributed by atoms with Crippen LogP contribution in [-0.4, -0.2) is 23.7 Å². The van der Waals surface area contributed by atoms with Crippen LogP contribution in [0.25, 0.3) is 0 Å². The molecule has 1 radical (unpaired) electrons. The minimum absolute atomic E-state index is 0.0344. The molecule has 0 aromatic carbocycles. The molecular formula is C5H7O4. The highest BCUT2D eigenvalue weighted by Gasteiger charge is 2.00.